The van der Waals surface area contributed by atoms with Gasteiger partial charge >= 0.3 is 0 Å². The van der Waals surface area contributed by atoms with Crippen molar-refractivity contribution >= 4 is 11.6 Å². The Morgan fingerprint density at radius 3 is 2.63 bits per heavy atom. The topological polar surface area (TPSA) is 130 Å². The average molecular weight is 358 g/mol. The molecule has 3 N–H and O–H groups in total. The second-order valence-electron chi connectivity index (χ2n) is 7.48. The number of benzene rings is 1. The number of anilines is 1. The van der Waals surface area contributed by atoms with Crippen molar-refractivity contribution in [2.24, 2.45) is 23.0 Å². The Balaban J connectivity index is 2.15. The maximum absolute atomic E-state index is 13.5. The summed E-state index contributed by atoms with van der Waals surface area (Å²) in [7, 11) is 1.94. The first-order valence-corrected chi connectivity index (χ1v) is 8.80. The molecule has 134 valence electrons. The van der Waals surface area contributed by atoms with Crippen LogP contribution in [0.1, 0.15) is 12.0 Å². The molecule has 27 heavy (non-hydrogen) atoms. The van der Waals surface area contributed by atoms with Gasteiger partial charge in [0.05, 0.1) is 29.5 Å². The number of allylic oxidation sites excluding steroid dienone is 2. The highest BCUT2D eigenvalue weighted by molar-refractivity contribution is 6.09. The number of piperidine rings is 1. The fraction of sp³-hybridized carbons (Fsp3) is 0.400. The fourth-order valence-corrected chi connectivity index (χ4v) is 5.28. The summed E-state index contributed by atoms with van der Waals surface area (Å²) in [6.45, 7) is 1.25. The lowest BCUT2D eigenvalue weighted by Crippen LogP contribution is -2.64. The molecule has 1 fully saturated rings. The van der Waals surface area contributed by atoms with Crippen molar-refractivity contribution in [3.63, 3.8) is 0 Å². The van der Waals surface area contributed by atoms with Crippen LogP contribution >= 0.6 is 0 Å². The smallest absolute Gasteiger partial charge is 0.238 e. The van der Waals surface area contributed by atoms with Crippen LogP contribution in [-0.4, -0.2) is 30.9 Å². The van der Waals surface area contributed by atoms with E-state index in [1.54, 1.807) is 24.3 Å². The maximum Gasteiger partial charge on any atom is 0.238 e. The Bertz CT molecular complexity index is 993. The minimum Gasteiger partial charge on any atom is -0.399 e. The Kier molecular flexibility index (Phi) is 3.53. The number of nitrogens with two attached hydrogens (primary N) is 1. The van der Waals surface area contributed by atoms with Crippen molar-refractivity contribution in [1.82, 2.24) is 4.90 Å². The quantitative estimate of drug-likeness (QED) is 0.717. The molecule has 0 radical (unpaired) electrons. The van der Waals surface area contributed by atoms with Crippen LogP contribution in [-0.2, 0) is 10.2 Å². The molecule has 4 rings (SSSR count). The lowest BCUT2D eigenvalue weighted by atomic mass is 9.46. The van der Waals surface area contributed by atoms with Gasteiger partial charge in [-0.3, -0.25) is 4.79 Å². The number of likely N-dealkylation sites (tertiary alicyclic amines) is 1. The second-order valence-corrected chi connectivity index (χ2v) is 7.48. The molecule has 0 aromatic heterocycles. The minimum atomic E-state index is -1.94. The molecule has 1 spiro atoms. The molecule has 0 unspecified atom stereocenters. The van der Waals surface area contributed by atoms with Crippen LogP contribution in [0, 0.1) is 51.2 Å². The number of rotatable bonds is 0. The average Bonchev–Trinajstić information content (AvgIpc) is 2.97. The number of hydrogen-bond acceptors (Lipinski definition) is 6. The zero-order chi connectivity index (χ0) is 19.4. The Hall–Kier alpha value is -3.34. The minimum absolute atomic E-state index is 0.0762. The van der Waals surface area contributed by atoms with E-state index in [0.717, 1.165) is 6.54 Å². The molecule has 7 heteroatoms. The molecule has 0 saturated carbocycles. The molecule has 0 bridgehead atoms. The van der Waals surface area contributed by atoms with Gasteiger partial charge in [-0.25, -0.2) is 0 Å². The van der Waals surface area contributed by atoms with Crippen LogP contribution < -0.4 is 11.1 Å². The Morgan fingerprint density at radius 2 is 1.96 bits per heavy atom. The van der Waals surface area contributed by atoms with E-state index in [4.69, 9.17) is 5.73 Å². The normalized spacial score (nSPS) is 31.3. The van der Waals surface area contributed by atoms with E-state index >= 15 is 0 Å². The maximum atomic E-state index is 13.5. The second kappa shape index (κ2) is 5.58. The first-order valence-electron chi connectivity index (χ1n) is 8.80. The highest BCUT2D eigenvalue weighted by atomic mass is 16.2. The van der Waals surface area contributed by atoms with Crippen LogP contribution in [0.15, 0.2) is 35.5 Å². The molecule has 3 aliphatic rings. The van der Waals surface area contributed by atoms with E-state index in [9.17, 15) is 20.6 Å². The molecule has 1 aliphatic carbocycles. The third-order valence-corrected chi connectivity index (χ3v) is 6.44. The molecule has 2 aliphatic heterocycles. The van der Waals surface area contributed by atoms with Gasteiger partial charge in [-0.05, 0) is 31.6 Å². The van der Waals surface area contributed by atoms with E-state index in [1.165, 1.54) is 0 Å². The summed E-state index contributed by atoms with van der Waals surface area (Å²) in [4.78, 5) is 15.5. The summed E-state index contributed by atoms with van der Waals surface area (Å²) in [5, 5.41) is 32.9. The first kappa shape index (κ1) is 17.1. The lowest BCUT2D eigenvalue weighted by molar-refractivity contribution is -0.128. The van der Waals surface area contributed by atoms with Crippen LogP contribution in [0.3, 0.4) is 0 Å². The zero-order valence-corrected chi connectivity index (χ0v) is 14.9. The van der Waals surface area contributed by atoms with Crippen molar-refractivity contribution in [3.05, 3.63) is 41.1 Å². The van der Waals surface area contributed by atoms with Crippen molar-refractivity contribution in [3.8, 4) is 18.2 Å². The monoisotopic (exact) mass is 358 g/mol. The zero-order valence-electron chi connectivity index (χ0n) is 14.9. The van der Waals surface area contributed by atoms with Crippen molar-refractivity contribution in [2.75, 3.05) is 25.5 Å². The third-order valence-electron chi connectivity index (χ3n) is 6.44. The largest absolute Gasteiger partial charge is 0.399 e. The van der Waals surface area contributed by atoms with Crippen LogP contribution in [0.2, 0.25) is 0 Å². The summed E-state index contributed by atoms with van der Waals surface area (Å²) in [5.41, 5.74) is 4.35. The van der Waals surface area contributed by atoms with E-state index in [2.05, 4.69) is 28.4 Å². The standard InChI is InChI=1S/C20H18N6O/c1-26-7-6-12-13(8-21)17(24)19(10-22,11-23)20(15(12)9-26)14-4-2-3-5-16(14)25-18(20)27/h2-5,12,15H,6-7,9,24H2,1H3,(H,25,27)/t12-,15-,20+/m1/s1. The molecule has 1 aromatic rings. The van der Waals surface area contributed by atoms with Gasteiger partial charge in [-0.1, -0.05) is 18.2 Å². The Labute approximate surface area is 157 Å². The van der Waals surface area contributed by atoms with Crippen molar-refractivity contribution < 1.29 is 4.79 Å². The molecule has 2 heterocycles. The number of fused-ring (bicyclic) bond motifs is 4. The van der Waals surface area contributed by atoms with E-state index in [-0.39, 0.29) is 17.2 Å². The number of hydrogen-bond donors (Lipinski definition) is 2. The predicted octanol–water partition coefficient (Wildman–Crippen LogP) is 1.23. The fourth-order valence-electron chi connectivity index (χ4n) is 5.28. The number of carbonyl (C=O) groups is 1. The molecular formula is C20H18N6O. The summed E-state index contributed by atoms with van der Waals surface area (Å²) in [6.07, 6.45) is 0.648. The molecule has 1 amide bonds. The van der Waals surface area contributed by atoms with Gasteiger partial charge in [0.25, 0.3) is 0 Å². The molecule has 1 saturated heterocycles. The van der Waals surface area contributed by atoms with Gasteiger partial charge in [0.1, 0.15) is 5.41 Å². The number of nitriles is 3. The van der Waals surface area contributed by atoms with E-state index < -0.39 is 22.7 Å². The van der Waals surface area contributed by atoms with Gasteiger partial charge < -0.3 is 16.0 Å². The Morgan fingerprint density at radius 1 is 1.26 bits per heavy atom. The van der Waals surface area contributed by atoms with Gasteiger partial charge in [-0.15, -0.1) is 0 Å². The predicted molar refractivity (Wildman–Crippen MR) is 96.3 cm³/mol. The van der Waals surface area contributed by atoms with E-state index in [1.807, 2.05) is 7.05 Å². The van der Waals surface area contributed by atoms with Gasteiger partial charge in [0.2, 0.25) is 11.3 Å². The highest BCUT2D eigenvalue weighted by Crippen LogP contribution is 2.62. The van der Waals surface area contributed by atoms with Crippen LogP contribution in [0.4, 0.5) is 5.69 Å². The van der Waals surface area contributed by atoms with E-state index in [0.29, 0.717) is 24.2 Å². The number of nitrogens with one attached hydrogen (secondary N) is 1. The highest BCUT2D eigenvalue weighted by Gasteiger charge is 2.72. The number of carbonyl (C=O) groups excluding carboxylic acids is 1. The summed E-state index contributed by atoms with van der Waals surface area (Å²) in [5.74, 6) is -1.06. The lowest BCUT2D eigenvalue weighted by Gasteiger charge is -2.53. The van der Waals surface area contributed by atoms with Gasteiger partial charge in [0, 0.05) is 24.1 Å². The first-order chi connectivity index (χ1) is 13.0. The SMILES string of the molecule is CN1CC[C@@H]2C(C#N)=C(N)C(C#N)(C#N)[C@]3(C(=O)Nc4ccccc43)[C@@H]2C1. The number of nitrogens with zero attached hydrogens (tertiary/aromatic N) is 4. The van der Waals surface area contributed by atoms with Crippen molar-refractivity contribution in [2.45, 2.75) is 11.8 Å². The summed E-state index contributed by atoms with van der Waals surface area (Å²) < 4.78 is 0. The third kappa shape index (κ3) is 1.78. The number of para-hydroxylation sites is 1. The van der Waals surface area contributed by atoms with Gasteiger partial charge in [0.15, 0.2) is 0 Å². The molecular weight excluding hydrogens is 340 g/mol. The van der Waals surface area contributed by atoms with Crippen LogP contribution in [0.5, 0.6) is 0 Å². The molecule has 3 atom stereocenters. The summed E-state index contributed by atoms with van der Waals surface area (Å²) in [6, 6.07) is 13.4. The van der Waals surface area contributed by atoms with Gasteiger partial charge in [-0.2, -0.15) is 15.8 Å². The number of amides is 1. The summed E-state index contributed by atoms with van der Waals surface area (Å²) >= 11 is 0. The van der Waals surface area contributed by atoms with Crippen LogP contribution in [0.25, 0.3) is 0 Å². The van der Waals surface area contributed by atoms with Crippen molar-refractivity contribution in [1.29, 1.82) is 15.8 Å². The molecule has 1 aromatic carbocycles. The molecule has 7 nitrogen and oxygen atoms in total.